The molecule has 4 aromatic rings. The first-order valence-corrected chi connectivity index (χ1v) is 12.9. The first kappa shape index (κ1) is 27.6. The molecule has 6 nitrogen and oxygen atoms in total. The van der Waals surface area contributed by atoms with Gasteiger partial charge in [0.25, 0.3) is 0 Å². The molecule has 0 aliphatic carbocycles. The minimum Gasteiger partial charge on any atom is -0.487 e. The number of rotatable bonds is 10. The van der Waals surface area contributed by atoms with E-state index in [1.165, 1.54) is 0 Å². The van der Waals surface area contributed by atoms with Crippen LogP contribution in [0.1, 0.15) is 52.8 Å². The van der Waals surface area contributed by atoms with E-state index in [2.05, 4.69) is 18.8 Å². The number of hydrogen-bond acceptors (Lipinski definition) is 4. The second kappa shape index (κ2) is 12.4. The first-order valence-electron chi connectivity index (χ1n) is 11.8. The van der Waals surface area contributed by atoms with E-state index in [9.17, 15) is 9.90 Å². The summed E-state index contributed by atoms with van der Waals surface area (Å²) in [5.41, 5.74) is 3.33. The van der Waals surface area contributed by atoms with E-state index < -0.39 is 5.97 Å². The summed E-state index contributed by atoms with van der Waals surface area (Å²) >= 11 is 19.0. The Labute approximate surface area is 236 Å². The number of imidazole rings is 1. The van der Waals surface area contributed by atoms with Gasteiger partial charge in [-0.05, 0) is 67.4 Å². The van der Waals surface area contributed by atoms with E-state index in [1.54, 1.807) is 48.8 Å². The quantitative estimate of drug-likeness (QED) is 0.193. The van der Waals surface area contributed by atoms with Gasteiger partial charge in [-0.3, -0.25) is 0 Å². The Balaban J connectivity index is 1.47. The van der Waals surface area contributed by atoms with E-state index in [0.29, 0.717) is 32.3 Å². The van der Waals surface area contributed by atoms with Crippen LogP contribution in [0.25, 0.3) is 12.2 Å². The normalized spacial score (nSPS) is 11.3. The Kier molecular flexibility index (Phi) is 9.00. The molecule has 0 spiro atoms. The Morgan fingerprint density at radius 2 is 1.68 bits per heavy atom. The highest BCUT2D eigenvalue weighted by molar-refractivity contribution is 6.37. The van der Waals surface area contributed by atoms with E-state index in [4.69, 9.17) is 44.3 Å². The number of ether oxygens (including phenoxy) is 2. The molecule has 0 aliphatic heterocycles. The van der Waals surface area contributed by atoms with Crippen LogP contribution in [0.15, 0.2) is 67.0 Å². The zero-order valence-corrected chi connectivity index (χ0v) is 23.0. The number of carbonyl (C=O) groups is 1. The topological polar surface area (TPSA) is 73.6 Å². The van der Waals surface area contributed by atoms with Crippen molar-refractivity contribution in [2.75, 3.05) is 0 Å². The van der Waals surface area contributed by atoms with Crippen molar-refractivity contribution < 1.29 is 19.4 Å². The van der Waals surface area contributed by atoms with Crippen molar-refractivity contribution in [3.63, 3.8) is 0 Å². The van der Waals surface area contributed by atoms with Crippen molar-refractivity contribution in [3.05, 3.63) is 110 Å². The highest BCUT2D eigenvalue weighted by Crippen LogP contribution is 2.33. The van der Waals surface area contributed by atoms with Gasteiger partial charge in [-0.15, -0.1) is 0 Å². The fourth-order valence-electron chi connectivity index (χ4n) is 3.76. The Morgan fingerprint density at radius 3 is 2.37 bits per heavy atom. The minimum absolute atomic E-state index is 0.162. The summed E-state index contributed by atoms with van der Waals surface area (Å²) in [6.07, 6.45) is 5.40. The highest BCUT2D eigenvalue weighted by Gasteiger charge is 2.16. The fraction of sp³-hybridized carbons (Fsp3) is 0.172. The molecule has 0 amide bonds. The average molecular weight is 572 g/mol. The van der Waals surface area contributed by atoms with Crippen molar-refractivity contribution in [2.45, 2.75) is 33.1 Å². The van der Waals surface area contributed by atoms with Crippen LogP contribution >= 0.6 is 34.8 Å². The Hall–Kier alpha value is -3.45. The zero-order valence-electron chi connectivity index (χ0n) is 20.7. The number of hydrogen-bond donors (Lipinski definition) is 1. The van der Waals surface area contributed by atoms with Crippen LogP contribution in [-0.2, 0) is 13.2 Å². The smallest absolute Gasteiger partial charge is 0.335 e. The van der Waals surface area contributed by atoms with Crippen LogP contribution in [0, 0.1) is 0 Å². The largest absolute Gasteiger partial charge is 0.487 e. The van der Waals surface area contributed by atoms with Crippen molar-refractivity contribution in [3.8, 4) is 11.5 Å². The van der Waals surface area contributed by atoms with Crippen LogP contribution in [-0.4, -0.2) is 20.6 Å². The molecule has 0 radical (unpaired) electrons. The molecule has 0 atom stereocenters. The molecule has 0 aliphatic rings. The maximum Gasteiger partial charge on any atom is 0.335 e. The predicted molar refractivity (Wildman–Crippen MR) is 152 cm³/mol. The highest BCUT2D eigenvalue weighted by atomic mass is 35.5. The van der Waals surface area contributed by atoms with E-state index in [0.717, 1.165) is 16.8 Å². The molecule has 0 saturated heterocycles. The van der Waals surface area contributed by atoms with Crippen molar-refractivity contribution in [2.24, 2.45) is 0 Å². The van der Waals surface area contributed by atoms with Gasteiger partial charge >= 0.3 is 5.97 Å². The third-order valence-electron chi connectivity index (χ3n) is 5.75. The lowest BCUT2D eigenvalue weighted by Gasteiger charge is -2.15. The monoisotopic (exact) mass is 570 g/mol. The van der Waals surface area contributed by atoms with Gasteiger partial charge in [0.05, 0.1) is 32.7 Å². The number of nitrogens with zero attached hydrogens (tertiary/aromatic N) is 2. The summed E-state index contributed by atoms with van der Waals surface area (Å²) in [6, 6.07) is 17.4. The second-order valence-corrected chi connectivity index (χ2v) is 9.94. The number of carboxylic acid groups (broad SMARTS) is 1. The number of aromatic carboxylic acids is 1. The fourth-order valence-corrected chi connectivity index (χ4v) is 4.50. The first-order chi connectivity index (χ1) is 18.2. The van der Waals surface area contributed by atoms with Gasteiger partial charge in [0.1, 0.15) is 24.7 Å². The molecule has 1 heterocycles. The standard InChI is InChI=1S/C29H25Cl3N2O4/c1-18(2)34-17-33-26(15-38-28-23(30)7-4-8-24(28)31)27(34)16-37-22-12-11-20(25(32)14-22)10-9-19-5-3-6-21(13-19)29(35)36/h3-14,17-18H,15-16H2,1-2H3,(H,35,36)/b10-9+. The lowest BCUT2D eigenvalue weighted by atomic mass is 10.1. The lowest BCUT2D eigenvalue weighted by Crippen LogP contribution is -2.11. The van der Waals surface area contributed by atoms with Crippen LogP contribution in [0.5, 0.6) is 11.5 Å². The molecule has 196 valence electrons. The molecule has 1 aromatic heterocycles. The molecule has 9 heteroatoms. The SMILES string of the molecule is CC(C)n1cnc(COc2c(Cl)cccc2Cl)c1COc1ccc(/C=C/c2cccc(C(=O)O)c2)c(Cl)c1. The molecule has 0 saturated carbocycles. The van der Waals surface area contributed by atoms with Gasteiger partial charge in [0.15, 0.2) is 5.75 Å². The minimum atomic E-state index is -0.971. The summed E-state index contributed by atoms with van der Waals surface area (Å²) in [5.74, 6) is 0.0328. The molecule has 38 heavy (non-hydrogen) atoms. The summed E-state index contributed by atoms with van der Waals surface area (Å²) in [5, 5.41) is 10.5. The molecular formula is C29H25Cl3N2O4. The van der Waals surface area contributed by atoms with E-state index in [-0.39, 0.29) is 24.8 Å². The molecular weight excluding hydrogens is 547 g/mol. The Morgan fingerprint density at radius 1 is 0.947 bits per heavy atom. The number of aromatic nitrogens is 2. The maximum absolute atomic E-state index is 11.2. The summed E-state index contributed by atoms with van der Waals surface area (Å²) in [4.78, 5) is 15.7. The van der Waals surface area contributed by atoms with Crippen LogP contribution in [0.4, 0.5) is 0 Å². The van der Waals surface area contributed by atoms with Crippen molar-refractivity contribution in [1.82, 2.24) is 9.55 Å². The van der Waals surface area contributed by atoms with Crippen LogP contribution in [0.2, 0.25) is 15.1 Å². The summed E-state index contributed by atoms with van der Waals surface area (Å²) in [7, 11) is 0. The van der Waals surface area contributed by atoms with Crippen molar-refractivity contribution >= 4 is 52.9 Å². The third kappa shape index (κ3) is 6.70. The molecule has 1 N–H and O–H groups in total. The number of halogens is 3. The number of benzene rings is 3. The van der Waals surface area contributed by atoms with Gasteiger partial charge < -0.3 is 19.1 Å². The molecule has 0 unspecified atom stereocenters. The zero-order chi connectivity index (χ0) is 27.2. The number of para-hydroxylation sites is 1. The lowest BCUT2D eigenvalue weighted by molar-refractivity contribution is 0.0697. The molecule has 4 rings (SSSR count). The summed E-state index contributed by atoms with van der Waals surface area (Å²) in [6.45, 7) is 4.55. The predicted octanol–water partition coefficient (Wildman–Crippen LogP) is 8.45. The molecule has 0 fully saturated rings. The Bertz CT molecular complexity index is 1460. The van der Waals surface area contributed by atoms with E-state index in [1.807, 2.05) is 34.9 Å². The van der Waals surface area contributed by atoms with Gasteiger partial charge in [-0.25, -0.2) is 9.78 Å². The molecule has 0 bridgehead atoms. The van der Waals surface area contributed by atoms with E-state index >= 15 is 0 Å². The average Bonchev–Trinajstić information content (AvgIpc) is 3.30. The van der Waals surface area contributed by atoms with Gasteiger partial charge in [-0.2, -0.15) is 0 Å². The molecule has 3 aromatic carbocycles. The van der Waals surface area contributed by atoms with Crippen LogP contribution < -0.4 is 9.47 Å². The van der Waals surface area contributed by atoms with Gasteiger partial charge in [-0.1, -0.05) is 65.2 Å². The summed E-state index contributed by atoms with van der Waals surface area (Å²) < 4.78 is 14.0. The third-order valence-corrected chi connectivity index (χ3v) is 6.67. The van der Waals surface area contributed by atoms with Crippen molar-refractivity contribution in [1.29, 1.82) is 0 Å². The van der Waals surface area contributed by atoms with Gasteiger partial charge in [0, 0.05) is 6.04 Å². The van der Waals surface area contributed by atoms with Crippen LogP contribution in [0.3, 0.4) is 0 Å². The number of carboxylic acids is 1. The van der Waals surface area contributed by atoms with Gasteiger partial charge in [0.2, 0.25) is 0 Å². The second-order valence-electron chi connectivity index (χ2n) is 8.71. The maximum atomic E-state index is 11.2.